The average molecular weight is 575 g/mol. The summed E-state index contributed by atoms with van der Waals surface area (Å²) in [5.41, 5.74) is 3.68. The van der Waals surface area contributed by atoms with E-state index in [4.69, 9.17) is 9.47 Å². The largest absolute Gasteiger partial charge is 0.464 e. The summed E-state index contributed by atoms with van der Waals surface area (Å²) in [7, 11) is 1.31. The normalized spacial score (nSPS) is 11.3. The number of aromatic nitrogens is 1. The molecule has 43 heavy (non-hydrogen) atoms. The Bertz CT molecular complexity index is 1820. The number of nitrogens with zero attached hydrogens (tertiary/aromatic N) is 1. The Morgan fingerprint density at radius 2 is 1.42 bits per heavy atom. The van der Waals surface area contributed by atoms with Gasteiger partial charge in [-0.2, -0.15) is 0 Å². The number of esters is 2. The van der Waals surface area contributed by atoms with Crippen LogP contribution in [0.2, 0.25) is 0 Å². The number of carbonyl (C=O) groups is 2. The molecule has 7 nitrogen and oxygen atoms in total. The van der Waals surface area contributed by atoms with Crippen molar-refractivity contribution in [1.82, 2.24) is 4.57 Å². The minimum absolute atomic E-state index is 0.0989. The van der Waals surface area contributed by atoms with E-state index in [1.54, 1.807) is 30.3 Å². The fourth-order valence-corrected chi connectivity index (χ4v) is 4.98. The molecule has 1 heterocycles. The zero-order chi connectivity index (χ0) is 30.6. The maximum absolute atomic E-state index is 14.0. The lowest BCUT2D eigenvalue weighted by Crippen LogP contribution is -2.28. The molecule has 0 atom stereocenters. The van der Waals surface area contributed by atoms with Crippen LogP contribution in [0.15, 0.2) is 108 Å². The van der Waals surface area contributed by atoms with Crippen LogP contribution in [0.25, 0.3) is 21.9 Å². The maximum Gasteiger partial charge on any atom is 0.355 e. The van der Waals surface area contributed by atoms with Gasteiger partial charge in [-0.1, -0.05) is 72.8 Å². The SMILES string of the molecule is COC(=O)c1c(-c2ccccc2)c2cc(NCc3ccccc3)ccc2c(=O)n1Cc1ccc(C(=O)OC(C)(C)C)cc1. The first kappa shape index (κ1) is 29.3. The Hall–Kier alpha value is -5.17. The second kappa shape index (κ2) is 12.4. The average Bonchev–Trinajstić information content (AvgIpc) is 3.01. The Balaban J connectivity index is 1.62. The molecule has 0 radical (unpaired) electrons. The highest BCUT2D eigenvalue weighted by molar-refractivity contribution is 6.07. The number of hydrogen-bond donors (Lipinski definition) is 1. The number of pyridine rings is 1. The van der Waals surface area contributed by atoms with Gasteiger partial charge in [-0.25, -0.2) is 9.59 Å². The number of carbonyl (C=O) groups excluding carboxylic acids is 2. The molecule has 0 aliphatic heterocycles. The molecule has 1 aromatic heterocycles. The Morgan fingerprint density at radius 3 is 2.05 bits per heavy atom. The standard InChI is InChI=1S/C36H34N2O5/c1-36(2,3)43-34(40)27-17-15-25(16-18-27)23-38-32(35(41)42-4)31(26-13-9-6-10-14-26)30-21-28(19-20-29(30)33(38)39)37-22-24-11-7-5-8-12-24/h5-21,37H,22-23H2,1-4H3. The van der Waals surface area contributed by atoms with Crippen LogP contribution in [0, 0.1) is 0 Å². The highest BCUT2D eigenvalue weighted by atomic mass is 16.6. The number of ether oxygens (including phenoxy) is 2. The molecule has 0 saturated carbocycles. The molecule has 0 amide bonds. The van der Waals surface area contributed by atoms with Crippen molar-refractivity contribution in [3.8, 4) is 11.1 Å². The van der Waals surface area contributed by atoms with E-state index in [2.05, 4.69) is 5.32 Å². The number of benzene rings is 4. The molecule has 0 aliphatic carbocycles. The number of rotatable bonds is 8. The molecule has 4 aromatic carbocycles. The van der Waals surface area contributed by atoms with Crippen molar-refractivity contribution < 1.29 is 19.1 Å². The third kappa shape index (κ3) is 6.67. The van der Waals surface area contributed by atoms with Crippen molar-refractivity contribution in [1.29, 1.82) is 0 Å². The Labute approximate surface area is 250 Å². The van der Waals surface area contributed by atoms with Crippen molar-refractivity contribution >= 4 is 28.4 Å². The van der Waals surface area contributed by atoms with Crippen molar-refractivity contribution in [2.24, 2.45) is 0 Å². The Kier molecular flexibility index (Phi) is 8.44. The number of hydrogen-bond acceptors (Lipinski definition) is 6. The lowest BCUT2D eigenvalue weighted by Gasteiger charge is -2.20. The summed E-state index contributed by atoms with van der Waals surface area (Å²) in [4.78, 5) is 40.0. The zero-order valence-corrected chi connectivity index (χ0v) is 24.7. The third-order valence-corrected chi connectivity index (χ3v) is 6.98. The van der Waals surface area contributed by atoms with Crippen LogP contribution in [-0.2, 0) is 22.6 Å². The smallest absolute Gasteiger partial charge is 0.355 e. The fourth-order valence-electron chi connectivity index (χ4n) is 4.98. The van der Waals surface area contributed by atoms with E-state index in [0.29, 0.717) is 28.4 Å². The topological polar surface area (TPSA) is 86.6 Å². The third-order valence-electron chi connectivity index (χ3n) is 6.98. The molecule has 0 spiro atoms. The lowest BCUT2D eigenvalue weighted by atomic mass is 9.95. The van der Waals surface area contributed by atoms with Crippen molar-refractivity contribution in [2.45, 2.75) is 39.5 Å². The molecular weight excluding hydrogens is 540 g/mol. The predicted octanol–water partition coefficient (Wildman–Crippen LogP) is 7.07. The summed E-state index contributed by atoms with van der Waals surface area (Å²) in [6, 6.07) is 32.0. The van der Waals surface area contributed by atoms with Gasteiger partial charge in [0.2, 0.25) is 0 Å². The molecular formula is C36H34N2O5. The van der Waals surface area contributed by atoms with E-state index < -0.39 is 17.5 Å². The Morgan fingerprint density at radius 1 is 0.767 bits per heavy atom. The van der Waals surface area contributed by atoms with E-state index in [1.807, 2.05) is 93.6 Å². The molecule has 0 fully saturated rings. The quantitative estimate of drug-likeness (QED) is 0.200. The van der Waals surface area contributed by atoms with Gasteiger partial charge in [0.15, 0.2) is 0 Å². The van der Waals surface area contributed by atoms with Crippen LogP contribution >= 0.6 is 0 Å². The van der Waals surface area contributed by atoms with Gasteiger partial charge in [0, 0.05) is 23.2 Å². The van der Waals surface area contributed by atoms with Gasteiger partial charge in [0.25, 0.3) is 5.56 Å². The van der Waals surface area contributed by atoms with E-state index in [1.165, 1.54) is 11.7 Å². The highest BCUT2D eigenvalue weighted by Crippen LogP contribution is 2.33. The van der Waals surface area contributed by atoms with E-state index in [0.717, 1.165) is 22.4 Å². The summed E-state index contributed by atoms with van der Waals surface area (Å²) in [6.07, 6.45) is 0. The molecule has 5 rings (SSSR count). The first-order chi connectivity index (χ1) is 20.6. The van der Waals surface area contributed by atoms with Crippen LogP contribution in [-0.4, -0.2) is 29.2 Å². The van der Waals surface area contributed by atoms with Gasteiger partial charge in [-0.15, -0.1) is 0 Å². The minimum atomic E-state index is -0.620. The molecule has 7 heteroatoms. The number of fused-ring (bicyclic) bond motifs is 1. The van der Waals surface area contributed by atoms with E-state index in [-0.39, 0.29) is 17.8 Å². The summed E-state index contributed by atoms with van der Waals surface area (Å²) >= 11 is 0. The molecule has 0 saturated heterocycles. The van der Waals surface area contributed by atoms with Crippen LogP contribution in [0.3, 0.4) is 0 Å². The van der Waals surface area contributed by atoms with Gasteiger partial charge in [0.1, 0.15) is 11.3 Å². The minimum Gasteiger partial charge on any atom is -0.464 e. The predicted molar refractivity (Wildman–Crippen MR) is 169 cm³/mol. The van der Waals surface area contributed by atoms with E-state index in [9.17, 15) is 14.4 Å². The van der Waals surface area contributed by atoms with Crippen LogP contribution < -0.4 is 10.9 Å². The van der Waals surface area contributed by atoms with Crippen LogP contribution in [0.1, 0.15) is 52.7 Å². The molecule has 0 unspecified atom stereocenters. The van der Waals surface area contributed by atoms with E-state index >= 15 is 0 Å². The molecule has 0 aliphatic rings. The highest BCUT2D eigenvalue weighted by Gasteiger charge is 2.25. The lowest BCUT2D eigenvalue weighted by molar-refractivity contribution is 0.00693. The van der Waals surface area contributed by atoms with Gasteiger partial charge in [-0.05, 0) is 73.2 Å². The van der Waals surface area contributed by atoms with Gasteiger partial charge in [-0.3, -0.25) is 9.36 Å². The van der Waals surface area contributed by atoms with Gasteiger partial charge >= 0.3 is 11.9 Å². The molecule has 1 N–H and O–H groups in total. The van der Waals surface area contributed by atoms with Crippen molar-refractivity contribution in [3.63, 3.8) is 0 Å². The summed E-state index contributed by atoms with van der Waals surface area (Å²) in [6.45, 7) is 6.14. The first-order valence-electron chi connectivity index (χ1n) is 14.1. The monoisotopic (exact) mass is 574 g/mol. The van der Waals surface area contributed by atoms with Crippen molar-refractivity contribution in [3.05, 3.63) is 136 Å². The number of nitrogens with one attached hydrogen (secondary N) is 1. The zero-order valence-electron chi connectivity index (χ0n) is 24.7. The molecule has 218 valence electrons. The summed E-state index contributed by atoms with van der Waals surface area (Å²) in [5, 5.41) is 4.55. The summed E-state index contributed by atoms with van der Waals surface area (Å²) < 4.78 is 12.2. The van der Waals surface area contributed by atoms with Gasteiger partial charge in [0.05, 0.1) is 19.2 Å². The van der Waals surface area contributed by atoms with Crippen LogP contribution in [0.5, 0.6) is 0 Å². The second-order valence-corrected chi connectivity index (χ2v) is 11.3. The second-order valence-electron chi connectivity index (χ2n) is 11.3. The molecule has 0 bridgehead atoms. The summed E-state index contributed by atoms with van der Waals surface area (Å²) in [5.74, 6) is -1.05. The van der Waals surface area contributed by atoms with Crippen molar-refractivity contribution in [2.75, 3.05) is 12.4 Å². The molecule has 5 aromatic rings. The number of methoxy groups -OCH3 is 1. The van der Waals surface area contributed by atoms with Gasteiger partial charge < -0.3 is 14.8 Å². The van der Waals surface area contributed by atoms with Crippen LogP contribution in [0.4, 0.5) is 5.69 Å². The fraction of sp³-hybridized carbons (Fsp3) is 0.194. The first-order valence-corrected chi connectivity index (χ1v) is 14.1. The number of anilines is 1. The maximum atomic E-state index is 14.0.